The molecule has 5 N–H and O–H groups in total. The summed E-state index contributed by atoms with van der Waals surface area (Å²) in [6, 6.07) is 23.0. The number of halogens is 1. The van der Waals surface area contributed by atoms with Gasteiger partial charge in [-0.15, -0.1) is 12.4 Å². The molecule has 55 heavy (non-hydrogen) atoms. The molecule has 0 radical (unpaired) electrons. The van der Waals surface area contributed by atoms with E-state index in [9.17, 15) is 15.0 Å². The molecule has 1 unspecified atom stereocenters. The van der Waals surface area contributed by atoms with Crippen molar-refractivity contribution in [3.63, 3.8) is 0 Å². The van der Waals surface area contributed by atoms with Crippen LogP contribution >= 0.6 is 12.4 Å². The fourth-order valence-corrected chi connectivity index (χ4v) is 7.51. The highest BCUT2D eigenvalue weighted by molar-refractivity contribution is 5.85. The van der Waals surface area contributed by atoms with E-state index in [0.29, 0.717) is 62.0 Å². The highest BCUT2D eigenvalue weighted by atomic mass is 35.5. The van der Waals surface area contributed by atoms with Crippen molar-refractivity contribution in [3.05, 3.63) is 120 Å². The quantitative estimate of drug-likeness (QED) is 0.121. The molecule has 8 rings (SSSR count). The minimum Gasteiger partial charge on any atom is -0.388 e. The van der Waals surface area contributed by atoms with Crippen LogP contribution in [0.2, 0.25) is 0 Å². The van der Waals surface area contributed by atoms with E-state index in [1.165, 1.54) is 4.80 Å². The summed E-state index contributed by atoms with van der Waals surface area (Å²) in [4.78, 5) is 35.4. The molecular formula is C39H45ClN12O3. The summed E-state index contributed by atoms with van der Waals surface area (Å²) in [5.74, 6) is 1.06. The number of urea groups is 1. The fraction of sp³-hybridized carbons (Fsp3) is 0.359. The molecule has 16 heteroatoms. The van der Waals surface area contributed by atoms with Crippen LogP contribution in [0, 0.1) is 0 Å². The van der Waals surface area contributed by atoms with E-state index < -0.39 is 24.3 Å². The topological polar surface area (TPSA) is 184 Å². The van der Waals surface area contributed by atoms with Gasteiger partial charge in [0.25, 0.3) is 0 Å². The lowest BCUT2D eigenvalue weighted by Crippen LogP contribution is -2.43. The number of aliphatic hydroxyl groups is 2. The third-order valence-electron chi connectivity index (χ3n) is 10.5. The molecule has 0 spiro atoms. The van der Waals surface area contributed by atoms with E-state index in [2.05, 4.69) is 60.3 Å². The van der Waals surface area contributed by atoms with Gasteiger partial charge in [0.1, 0.15) is 18.2 Å². The molecule has 1 saturated carbocycles. The lowest BCUT2D eigenvalue weighted by atomic mass is 9.91. The summed E-state index contributed by atoms with van der Waals surface area (Å²) >= 11 is 0. The Hall–Kier alpha value is -5.64. The summed E-state index contributed by atoms with van der Waals surface area (Å²) in [7, 11) is 0. The minimum atomic E-state index is -1.11. The van der Waals surface area contributed by atoms with Crippen molar-refractivity contribution in [1.82, 2.24) is 50.1 Å². The van der Waals surface area contributed by atoms with Crippen molar-refractivity contribution < 1.29 is 15.0 Å². The lowest BCUT2D eigenvalue weighted by molar-refractivity contribution is 0.00497. The molecule has 15 nitrogen and oxygen atoms in total. The molecule has 2 amide bonds. The Kier molecular flexibility index (Phi) is 11.5. The first-order valence-electron chi connectivity index (χ1n) is 18.5. The van der Waals surface area contributed by atoms with Crippen LogP contribution in [0.3, 0.4) is 0 Å². The number of imidazole rings is 1. The highest BCUT2D eigenvalue weighted by Gasteiger charge is 2.45. The van der Waals surface area contributed by atoms with E-state index in [0.717, 1.165) is 28.8 Å². The van der Waals surface area contributed by atoms with Crippen LogP contribution in [0.4, 0.5) is 16.6 Å². The molecule has 4 aromatic heterocycles. The zero-order valence-electron chi connectivity index (χ0n) is 30.4. The average molecular weight is 765 g/mol. The summed E-state index contributed by atoms with van der Waals surface area (Å²) in [5, 5.41) is 41.2. The number of nitrogens with one attached hydrogen (secondary N) is 3. The molecule has 5 atom stereocenters. The summed E-state index contributed by atoms with van der Waals surface area (Å²) in [5.41, 5.74) is 5.14. The highest BCUT2D eigenvalue weighted by Crippen LogP contribution is 2.40. The van der Waals surface area contributed by atoms with Gasteiger partial charge in [-0.1, -0.05) is 73.7 Å². The predicted octanol–water partition coefficient (Wildman–Crippen LogP) is 4.03. The van der Waals surface area contributed by atoms with Crippen LogP contribution in [0.5, 0.6) is 0 Å². The van der Waals surface area contributed by atoms with Crippen LogP contribution in [0.15, 0.2) is 97.7 Å². The van der Waals surface area contributed by atoms with E-state index in [1.54, 1.807) is 24.9 Å². The second kappa shape index (κ2) is 16.8. The van der Waals surface area contributed by atoms with Crippen LogP contribution < -0.4 is 20.9 Å². The molecule has 5 heterocycles. The van der Waals surface area contributed by atoms with Gasteiger partial charge in [0.05, 0.1) is 24.3 Å². The minimum absolute atomic E-state index is 0. The normalized spacial score (nSPS) is 20.8. The predicted molar refractivity (Wildman–Crippen MR) is 210 cm³/mol. The van der Waals surface area contributed by atoms with E-state index >= 15 is 0 Å². The Morgan fingerprint density at radius 1 is 0.945 bits per heavy atom. The number of nitrogens with zero attached hydrogens (tertiary/aromatic N) is 9. The molecule has 2 aliphatic rings. The fourth-order valence-electron chi connectivity index (χ4n) is 7.51. The second-order valence-electron chi connectivity index (χ2n) is 13.9. The van der Waals surface area contributed by atoms with E-state index in [1.807, 2.05) is 60.0 Å². The first-order valence-corrected chi connectivity index (χ1v) is 18.5. The number of amides is 2. The maximum Gasteiger partial charge on any atom is 0.315 e. The number of carbonyl (C=O) groups excluding carboxylic acids is 1. The van der Waals surface area contributed by atoms with Crippen molar-refractivity contribution in [1.29, 1.82) is 0 Å². The Morgan fingerprint density at radius 2 is 1.69 bits per heavy atom. The number of rotatable bonds is 12. The third-order valence-corrected chi connectivity index (χ3v) is 10.5. The number of benzene rings is 2. The van der Waals surface area contributed by atoms with Gasteiger partial charge in [0.2, 0.25) is 5.95 Å². The molecule has 286 valence electrons. The standard InChI is InChI=1S/C39H44N12O3.ClH/c1-2-28-21-44-51(48-28)32-18-31(34(52)35(32)53)50-24-43-33-36(41-22-30(26-11-5-3-6-12-26)27-13-7-4-8-14-27)46-38(47-37(33)50)49-17-15-29(23-49)45-39(54)42-20-25-10-9-16-40-19-25;/h3-14,16,19,21,24,29-32,34-35,52-53H,2,15,17-18,20,22-23H2,1H3,(H,41,46,47)(H2,42,45,54);1H/t29?,31-,32+,34+,35-;/m1./s1. The molecule has 2 aromatic carbocycles. The molecule has 6 aromatic rings. The zero-order valence-corrected chi connectivity index (χ0v) is 31.2. The number of aryl methyl sites for hydroxylation is 1. The maximum absolute atomic E-state index is 12.8. The van der Waals surface area contributed by atoms with Gasteiger partial charge in [-0.2, -0.15) is 25.0 Å². The molecular weight excluding hydrogens is 720 g/mol. The summed E-state index contributed by atoms with van der Waals surface area (Å²) in [6.45, 7) is 4.04. The summed E-state index contributed by atoms with van der Waals surface area (Å²) < 4.78 is 1.84. The van der Waals surface area contributed by atoms with Crippen LogP contribution in [-0.2, 0) is 13.0 Å². The van der Waals surface area contributed by atoms with Crippen LogP contribution in [0.25, 0.3) is 11.2 Å². The Labute approximate surface area is 324 Å². The first kappa shape index (κ1) is 37.7. The van der Waals surface area contributed by atoms with E-state index in [-0.39, 0.29) is 30.4 Å². The second-order valence-corrected chi connectivity index (χ2v) is 13.9. The monoisotopic (exact) mass is 764 g/mol. The molecule has 1 saturated heterocycles. The van der Waals surface area contributed by atoms with Gasteiger partial charge in [-0.05, 0) is 42.0 Å². The number of hydrogen-bond acceptors (Lipinski definition) is 11. The number of anilines is 2. The molecule has 1 aliphatic carbocycles. The number of pyridine rings is 1. The van der Waals surface area contributed by atoms with Crippen molar-refractivity contribution in [2.75, 3.05) is 29.9 Å². The van der Waals surface area contributed by atoms with Crippen molar-refractivity contribution in [3.8, 4) is 0 Å². The molecule has 0 bridgehead atoms. The Bertz CT molecular complexity index is 2130. The maximum atomic E-state index is 12.8. The summed E-state index contributed by atoms with van der Waals surface area (Å²) in [6.07, 6.45) is 6.39. The molecule has 2 fully saturated rings. The van der Waals surface area contributed by atoms with E-state index in [4.69, 9.17) is 15.0 Å². The van der Waals surface area contributed by atoms with Crippen LogP contribution in [-0.4, -0.2) is 93.6 Å². The Morgan fingerprint density at radius 3 is 2.38 bits per heavy atom. The van der Waals surface area contributed by atoms with Crippen molar-refractivity contribution >= 4 is 41.4 Å². The van der Waals surface area contributed by atoms with Crippen LogP contribution in [0.1, 0.15) is 60.2 Å². The van der Waals surface area contributed by atoms with Gasteiger partial charge >= 0.3 is 6.03 Å². The Balaban J connectivity index is 0.00000465. The van der Waals surface area contributed by atoms with Gasteiger partial charge < -0.3 is 35.6 Å². The number of carbonyl (C=O) groups is 1. The zero-order chi connectivity index (χ0) is 37.0. The van der Waals surface area contributed by atoms with Gasteiger partial charge in [0, 0.05) is 50.5 Å². The number of aromatic nitrogens is 8. The number of hydrogen-bond donors (Lipinski definition) is 5. The molecule has 1 aliphatic heterocycles. The lowest BCUT2D eigenvalue weighted by Gasteiger charge is -2.22. The van der Waals surface area contributed by atoms with Gasteiger partial charge in [-0.25, -0.2) is 9.78 Å². The smallest absolute Gasteiger partial charge is 0.315 e. The number of aliphatic hydroxyl groups excluding tert-OH is 2. The number of fused-ring (bicyclic) bond motifs is 1. The largest absolute Gasteiger partial charge is 0.388 e. The van der Waals surface area contributed by atoms with Gasteiger partial charge in [-0.3, -0.25) is 4.98 Å². The van der Waals surface area contributed by atoms with Gasteiger partial charge in [0.15, 0.2) is 17.0 Å². The van der Waals surface area contributed by atoms with Crippen molar-refractivity contribution in [2.24, 2.45) is 0 Å². The average Bonchev–Trinajstić information content (AvgIpc) is 4.03. The first-order chi connectivity index (χ1) is 26.4. The van der Waals surface area contributed by atoms with Crippen molar-refractivity contribution in [2.45, 2.75) is 69.0 Å². The third kappa shape index (κ3) is 8.09. The SMILES string of the molecule is CCc1cnn([C@H]2C[C@@H](n3cnc4c(NCC(c5ccccc5)c5ccccc5)nc(N5CCC(NC(=O)NCc6cccnc6)C5)nc43)[C@H](O)[C@@H]2O)n1.Cl.